The van der Waals surface area contributed by atoms with Crippen molar-refractivity contribution in [1.29, 1.82) is 0 Å². The van der Waals surface area contributed by atoms with E-state index < -0.39 is 15.5 Å². The Morgan fingerprint density at radius 3 is 2.71 bits per heavy atom. The summed E-state index contributed by atoms with van der Waals surface area (Å²) < 4.78 is 26.6. The summed E-state index contributed by atoms with van der Waals surface area (Å²) in [5, 5.41) is 14.8. The number of rotatable bonds is 6. The molecule has 2 fully saturated rings. The Morgan fingerprint density at radius 2 is 2.00 bits per heavy atom. The van der Waals surface area contributed by atoms with E-state index in [4.69, 9.17) is 9.98 Å². The predicted octanol–water partition coefficient (Wildman–Crippen LogP) is 0.806. The molecule has 2 aliphatic carbocycles. The number of benzene rings is 1. The summed E-state index contributed by atoms with van der Waals surface area (Å²) in [6.07, 6.45) is 6.72. The molecule has 3 aromatic heterocycles. The van der Waals surface area contributed by atoms with Crippen molar-refractivity contribution in [3.8, 4) is 17.1 Å². The van der Waals surface area contributed by atoms with Crippen LogP contribution in [0, 0.1) is 0 Å². The van der Waals surface area contributed by atoms with Gasteiger partial charge in [0.2, 0.25) is 5.88 Å². The molecule has 34 heavy (non-hydrogen) atoms. The fourth-order valence-electron chi connectivity index (χ4n) is 3.94. The molecule has 0 spiro atoms. The summed E-state index contributed by atoms with van der Waals surface area (Å²) >= 11 is 0. The Labute approximate surface area is 193 Å². The largest absolute Gasteiger partial charge is 0.493 e. The van der Waals surface area contributed by atoms with E-state index in [0.29, 0.717) is 22.0 Å². The first-order valence-electron chi connectivity index (χ1n) is 11.1. The Morgan fingerprint density at radius 1 is 1.18 bits per heavy atom. The van der Waals surface area contributed by atoms with Gasteiger partial charge in [-0.15, -0.1) is 0 Å². The van der Waals surface area contributed by atoms with Crippen molar-refractivity contribution in [2.24, 2.45) is 4.99 Å². The van der Waals surface area contributed by atoms with E-state index in [1.54, 1.807) is 16.8 Å². The standard InChI is InChI=1S/C23H22N6O4S/c30-22-19(27-23(31)28-22)9-15-11-24-29-20(25-16-4-5-16)10-18(26-21(15)29)14-3-1-2-13(8-14)12-34(32,33)17-6-7-17/h1-3,8-11,16-17,30H,4-7,12H2,(H2,27,28,31). The van der Waals surface area contributed by atoms with Crippen LogP contribution in [0.5, 0.6) is 5.88 Å². The number of aromatic nitrogens is 5. The molecule has 0 unspecified atom stereocenters. The molecule has 3 N–H and O–H groups in total. The van der Waals surface area contributed by atoms with Gasteiger partial charge in [-0.2, -0.15) is 9.61 Å². The lowest BCUT2D eigenvalue weighted by atomic mass is 10.1. The van der Waals surface area contributed by atoms with E-state index in [-0.39, 0.29) is 28.6 Å². The molecule has 0 saturated heterocycles. The molecule has 4 aromatic rings. The van der Waals surface area contributed by atoms with E-state index >= 15 is 0 Å². The van der Waals surface area contributed by atoms with Crippen LogP contribution in [0.4, 0.5) is 0 Å². The smallest absolute Gasteiger partial charge is 0.326 e. The molecule has 2 saturated carbocycles. The maximum Gasteiger partial charge on any atom is 0.326 e. The SMILES string of the molecule is O=c1[nH]c(O)c(C=c2cnn3c(=NC4CC4)cc(-c4cccc(CS(=O)(=O)C5CC5)c4)nc23)[nH]1. The van der Waals surface area contributed by atoms with E-state index in [1.165, 1.54) is 0 Å². The fraction of sp³-hybridized carbons (Fsp3) is 0.304. The summed E-state index contributed by atoms with van der Waals surface area (Å²) in [6.45, 7) is 0. The zero-order valence-electron chi connectivity index (χ0n) is 18.1. The van der Waals surface area contributed by atoms with Crippen molar-refractivity contribution in [2.75, 3.05) is 0 Å². The molecular weight excluding hydrogens is 456 g/mol. The first-order chi connectivity index (χ1) is 16.4. The average Bonchev–Trinajstić information content (AvgIpc) is 3.72. The Balaban J connectivity index is 1.50. The van der Waals surface area contributed by atoms with E-state index in [1.807, 2.05) is 30.3 Å². The highest BCUT2D eigenvalue weighted by molar-refractivity contribution is 7.91. The number of imidazole rings is 1. The second-order valence-corrected chi connectivity index (χ2v) is 11.2. The third-order valence-electron chi connectivity index (χ3n) is 6.00. The lowest BCUT2D eigenvalue weighted by Gasteiger charge is -2.07. The number of sulfone groups is 1. The highest BCUT2D eigenvalue weighted by Gasteiger charge is 2.35. The normalized spacial score (nSPS) is 17.6. The van der Waals surface area contributed by atoms with Gasteiger partial charge in [-0.1, -0.05) is 18.2 Å². The minimum atomic E-state index is -3.14. The number of nitrogens with one attached hydrogen (secondary N) is 2. The second kappa shape index (κ2) is 7.66. The van der Waals surface area contributed by atoms with Crippen LogP contribution in [0.1, 0.15) is 36.9 Å². The van der Waals surface area contributed by atoms with Crippen molar-refractivity contribution in [2.45, 2.75) is 42.7 Å². The van der Waals surface area contributed by atoms with Crippen LogP contribution in [0.2, 0.25) is 0 Å². The van der Waals surface area contributed by atoms with Crippen molar-refractivity contribution in [3.63, 3.8) is 0 Å². The summed E-state index contributed by atoms with van der Waals surface area (Å²) in [5.41, 5.74) is 3.00. The average molecular weight is 479 g/mol. The molecule has 174 valence electrons. The number of hydrogen-bond acceptors (Lipinski definition) is 7. The zero-order valence-corrected chi connectivity index (χ0v) is 18.9. The minimum Gasteiger partial charge on any atom is -0.493 e. The van der Waals surface area contributed by atoms with Crippen molar-refractivity contribution in [3.05, 3.63) is 69.0 Å². The van der Waals surface area contributed by atoms with Gasteiger partial charge in [-0.3, -0.25) is 9.98 Å². The van der Waals surface area contributed by atoms with Crippen LogP contribution < -0.4 is 16.4 Å². The van der Waals surface area contributed by atoms with Gasteiger partial charge in [-0.25, -0.2) is 18.2 Å². The number of aromatic amines is 2. The Hall–Kier alpha value is -3.73. The maximum atomic E-state index is 12.5. The Kier molecular flexibility index (Phi) is 4.70. The zero-order chi connectivity index (χ0) is 23.4. The first kappa shape index (κ1) is 20.8. The fourth-order valence-corrected chi connectivity index (χ4v) is 5.68. The Bertz CT molecular complexity index is 1710. The van der Waals surface area contributed by atoms with E-state index in [2.05, 4.69) is 15.1 Å². The molecule has 11 heteroatoms. The summed E-state index contributed by atoms with van der Waals surface area (Å²) in [6, 6.07) is 9.50. The molecule has 10 nitrogen and oxygen atoms in total. The lowest BCUT2D eigenvalue weighted by Crippen LogP contribution is -2.19. The van der Waals surface area contributed by atoms with Crippen molar-refractivity contribution in [1.82, 2.24) is 24.6 Å². The van der Waals surface area contributed by atoms with Gasteiger partial charge in [-0.05, 0) is 43.4 Å². The number of aromatic hydroxyl groups is 1. The number of nitrogens with zero attached hydrogens (tertiary/aromatic N) is 4. The highest BCUT2D eigenvalue weighted by Crippen LogP contribution is 2.31. The molecule has 0 radical (unpaired) electrons. The summed E-state index contributed by atoms with van der Waals surface area (Å²) in [4.78, 5) is 25.9. The molecule has 3 heterocycles. The number of fused-ring (bicyclic) bond motifs is 1. The molecule has 1 aromatic carbocycles. The van der Waals surface area contributed by atoms with Crippen molar-refractivity contribution >= 4 is 21.6 Å². The molecule has 6 rings (SSSR count). The number of H-pyrrole nitrogens is 2. The van der Waals surface area contributed by atoms with Gasteiger partial charge in [0, 0.05) is 16.8 Å². The van der Waals surface area contributed by atoms with Gasteiger partial charge >= 0.3 is 5.69 Å². The third kappa shape index (κ3) is 4.03. The quantitative estimate of drug-likeness (QED) is 0.374. The number of hydrogen-bond donors (Lipinski definition) is 3. The van der Waals surface area contributed by atoms with E-state index in [9.17, 15) is 18.3 Å². The van der Waals surface area contributed by atoms with Crippen LogP contribution in [0.25, 0.3) is 23.0 Å². The minimum absolute atomic E-state index is 0.0128. The monoisotopic (exact) mass is 478 g/mol. The highest BCUT2D eigenvalue weighted by atomic mass is 32.2. The molecule has 0 bridgehead atoms. The van der Waals surface area contributed by atoms with Crippen LogP contribution >= 0.6 is 0 Å². The van der Waals surface area contributed by atoms with Gasteiger partial charge < -0.3 is 10.1 Å². The molecule has 0 amide bonds. The summed E-state index contributed by atoms with van der Waals surface area (Å²) in [5.74, 6) is -0.258. The summed E-state index contributed by atoms with van der Waals surface area (Å²) in [7, 11) is -3.14. The van der Waals surface area contributed by atoms with Gasteiger partial charge in [0.25, 0.3) is 0 Å². The lowest BCUT2D eigenvalue weighted by molar-refractivity contribution is 0.454. The predicted molar refractivity (Wildman–Crippen MR) is 125 cm³/mol. The molecule has 0 atom stereocenters. The third-order valence-corrected chi connectivity index (χ3v) is 8.22. The van der Waals surface area contributed by atoms with Gasteiger partial charge in [0.05, 0.1) is 28.9 Å². The molecular formula is C23H22N6O4S. The topological polar surface area (TPSA) is 146 Å². The second-order valence-electron chi connectivity index (χ2n) is 8.89. The molecule has 2 aliphatic rings. The van der Waals surface area contributed by atoms with Crippen LogP contribution in [-0.4, -0.2) is 49.4 Å². The first-order valence-corrected chi connectivity index (χ1v) is 12.8. The van der Waals surface area contributed by atoms with Gasteiger partial charge in [0.15, 0.2) is 21.0 Å². The van der Waals surface area contributed by atoms with Crippen molar-refractivity contribution < 1.29 is 13.5 Å². The van der Waals surface area contributed by atoms with Crippen LogP contribution in [-0.2, 0) is 15.6 Å². The maximum absolute atomic E-state index is 12.5. The van der Waals surface area contributed by atoms with Gasteiger partial charge in [0.1, 0.15) is 5.69 Å². The van der Waals surface area contributed by atoms with Crippen LogP contribution in [0.3, 0.4) is 0 Å². The van der Waals surface area contributed by atoms with E-state index in [0.717, 1.165) is 36.8 Å². The molecule has 0 aliphatic heterocycles. The van der Waals surface area contributed by atoms with Crippen LogP contribution in [0.15, 0.2) is 46.3 Å².